The van der Waals surface area contributed by atoms with Gasteiger partial charge in [0.1, 0.15) is 43.1 Å². The molecule has 0 aliphatic carbocycles. The van der Waals surface area contributed by atoms with Gasteiger partial charge in [-0.05, 0) is 61.4 Å². The summed E-state index contributed by atoms with van der Waals surface area (Å²) in [7, 11) is 0. The zero-order valence-electron chi connectivity index (χ0n) is 25.5. The van der Waals surface area contributed by atoms with E-state index in [0.29, 0.717) is 66.2 Å². The maximum absolute atomic E-state index is 6.46. The predicted octanol–water partition coefficient (Wildman–Crippen LogP) is 3.72. The third-order valence-electron chi connectivity index (χ3n) is 6.68. The van der Waals surface area contributed by atoms with Crippen LogP contribution >= 0.6 is 0 Å². The minimum Gasteiger partial charge on any atom is -0.485 e. The first-order valence-electron chi connectivity index (χ1n) is 14.8. The van der Waals surface area contributed by atoms with Gasteiger partial charge in [-0.1, -0.05) is 44.0 Å². The van der Waals surface area contributed by atoms with Crippen LogP contribution in [0.3, 0.4) is 0 Å². The van der Waals surface area contributed by atoms with Crippen molar-refractivity contribution in [3.05, 3.63) is 133 Å². The van der Waals surface area contributed by atoms with Gasteiger partial charge in [0.2, 0.25) is 0 Å². The van der Waals surface area contributed by atoms with E-state index in [0.717, 1.165) is 29.6 Å². The van der Waals surface area contributed by atoms with Crippen molar-refractivity contribution in [2.75, 3.05) is 33.0 Å². The van der Waals surface area contributed by atoms with E-state index in [9.17, 15) is 0 Å². The first kappa shape index (κ1) is 33.0. The first-order valence-corrected chi connectivity index (χ1v) is 14.8. The van der Waals surface area contributed by atoms with Crippen LogP contribution in [-0.2, 0) is 18.9 Å². The van der Waals surface area contributed by atoms with Crippen molar-refractivity contribution < 1.29 is 18.9 Å². The van der Waals surface area contributed by atoms with Crippen molar-refractivity contribution in [3.63, 3.8) is 0 Å². The van der Waals surface area contributed by atoms with Crippen LogP contribution in [0, 0.1) is 0 Å². The molecule has 0 saturated carbocycles. The maximum Gasteiger partial charge on any atom is 0.170 e. The van der Waals surface area contributed by atoms with Gasteiger partial charge in [-0.25, -0.2) is 4.99 Å². The van der Waals surface area contributed by atoms with Crippen LogP contribution in [-0.4, -0.2) is 60.6 Å². The van der Waals surface area contributed by atoms with Crippen LogP contribution in [0.25, 0.3) is 11.5 Å². The second-order valence-electron chi connectivity index (χ2n) is 10.1. The lowest BCUT2D eigenvalue weighted by Gasteiger charge is -2.11. The molecule has 4 heterocycles. The molecule has 0 amide bonds. The Morgan fingerprint density at radius 1 is 0.800 bits per heavy atom. The third-order valence-corrected chi connectivity index (χ3v) is 6.68. The van der Waals surface area contributed by atoms with Gasteiger partial charge >= 0.3 is 0 Å². The van der Waals surface area contributed by atoms with Crippen molar-refractivity contribution in [2.24, 2.45) is 21.5 Å². The van der Waals surface area contributed by atoms with E-state index in [-0.39, 0.29) is 12.6 Å². The zero-order chi connectivity index (χ0) is 32.0. The number of aromatic nitrogens is 2. The normalized spacial score (nSPS) is 18.5. The molecule has 2 aliphatic rings. The average Bonchev–Trinajstić information content (AvgIpc) is 3.87. The largest absolute Gasteiger partial charge is 0.485 e. The fourth-order valence-electron chi connectivity index (χ4n) is 4.63. The van der Waals surface area contributed by atoms with Gasteiger partial charge < -0.3 is 40.4 Å². The molecular weight excluding hydrogens is 568 g/mol. The Balaban J connectivity index is 1.71. The van der Waals surface area contributed by atoms with Gasteiger partial charge in [0.15, 0.2) is 17.3 Å². The highest BCUT2D eigenvalue weighted by Gasteiger charge is 2.21. The molecule has 45 heavy (non-hydrogen) atoms. The summed E-state index contributed by atoms with van der Waals surface area (Å²) in [6, 6.07) is 7.61. The Kier molecular flexibility index (Phi) is 12.3. The minimum absolute atomic E-state index is 0.172. The molecule has 0 aromatic carbocycles. The number of nitrogens with one attached hydrogen (secondary N) is 2. The van der Waals surface area contributed by atoms with Gasteiger partial charge in [-0.3, -0.25) is 4.99 Å². The average molecular weight is 611 g/mol. The SMILES string of the molecule is C=CCOCCC[C@H](N)c1ccc(/C(OCC=C)=c2/ccc(=C(OCC=C)C3=NC(=C(OCC=C)C4=NC(N)C=C4)C=C3)[nH]2)[nH]1. The summed E-state index contributed by atoms with van der Waals surface area (Å²) in [6.07, 6.45) is 15.3. The Labute approximate surface area is 263 Å². The van der Waals surface area contributed by atoms with Gasteiger partial charge in [-0.2, -0.15) is 0 Å². The number of aromatic amines is 2. The quantitative estimate of drug-likeness (QED) is 0.108. The van der Waals surface area contributed by atoms with Gasteiger partial charge in [0.25, 0.3) is 0 Å². The highest BCUT2D eigenvalue weighted by molar-refractivity contribution is 6.24. The summed E-state index contributed by atoms with van der Waals surface area (Å²) in [4.78, 5) is 16.1. The summed E-state index contributed by atoms with van der Waals surface area (Å²) < 4.78 is 23.7. The minimum atomic E-state index is -0.422. The maximum atomic E-state index is 6.46. The molecule has 2 aromatic heterocycles. The molecule has 0 spiro atoms. The number of allylic oxidation sites excluding steroid dienone is 2. The lowest BCUT2D eigenvalue weighted by molar-refractivity contribution is 0.156. The van der Waals surface area contributed by atoms with Crippen LogP contribution in [0.2, 0.25) is 0 Å². The Morgan fingerprint density at radius 3 is 2.13 bits per heavy atom. The summed E-state index contributed by atoms with van der Waals surface area (Å²) in [5.41, 5.74) is 15.9. The van der Waals surface area contributed by atoms with Crippen molar-refractivity contribution in [2.45, 2.75) is 25.0 Å². The Bertz CT molecular complexity index is 1650. The van der Waals surface area contributed by atoms with Crippen molar-refractivity contribution in [1.29, 1.82) is 0 Å². The number of nitrogens with zero attached hydrogens (tertiary/aromatic N) is 2. The molecule has 10 heteroatoms. The third kappa shape index (κ3) is 8.82. The van der Waals surface area contributed by atoms with E-state index < -0.39 is 6.17 Å². The van der Waals surface area contributed by atoms with Crippen LogP contribution in [0.4, 0.5) is 0 Å². The molecule has 0 radical (unpaired) electrons. The summed E-state index contributed by atoms with van der Waals surface area (Å²) >= 11 is 0. The number of H-pyrrole nitrogens is 2. The summed E-state index contributed by atoms with van der Waals surface area (Å²) in [5, 5.41) is 1.44. The van der Waals surface area contributed by atoms with Crippen LogP contribution < -0.4 is 22.2 Å². The monoisotopic (exact) mass is 610 g/mol. The number of aliphatic imine (C=N–C) groups is 2. The molecular formula is C35H42N6O4. The van der Waals surface area contributed by atoms with Gasteiger partial charge in [0.05, 0.1) is 23.0 Å². The summed E-state index contributed by atoms with van der Waals surface area (Å²) in [5.74, 6) is 1.66. The van der Waals surface area contributed by atoms with Crippen LogP contribution in [0.1, 0.15) is 30.3 Å². The molecule has 6 N–H and O–H groups in total. The van der Waals surface area contributed by atoms with Crippen molar-refractivity contribution in [3.8, 4) is 0 Å². The van der Waals surface area contributed by atoms with E-state index in [2.05, 4.69) is 41.3 Å². The van der Waals surface area contributed by atoms with Crippen molar-refractivity contribution >= 4 is 22.9 Å². The number of rotatable bonds is 19. The van der Waals surface area contributed by atoms with Crippen LogP contribution in [0.5, 0.6) is 0 Å². The molecule has 0 saturated heterocycles. The smallest absolute Gasteiger partial charge is 0.170 e. The second kappa shape index (κ2) is 16.8. The van der Waals surface area contributed by atoms with Gasteiger partial charge in [-0.15, -0.1) is 6.58 Å². The van der Waals surface area contributed by atoms with Crippen molar-refractivity contribution in [1.82, 2.24) is 9.97 Å². The molecule has 10 nitrogen and oxygen atoms in total. The van der Waals surface area contributed by atoms with Crippen LogP contribution in [0.15, 0.2) is 121 Å². The molecule has 0 bridgehead atoms. The Hall–Kier alpha value is -4.90. The molecule has 4 rings (SSSR count). The van der Waals surface area contributed by atoms with E-state index in [1.54, 1.807) is 30.4 Å². The topological polar surface area (TPSA) is 145 Å². The fourth-order valence-corrected chi connectivity index (χ4v) is 4.63. The Morgan fingerprint density at radius 2 is 1.47 bits per heavy atom. The van der Waals surface area contributed by atoms with E-state index in [4.69, 9.17) is 35.4 Å². The highest BCUT2D eigenvalue weighted by Crippen LogP contribution is 2.23. The molecule has 2 aliphatic heterocycles. The molecule has 0 fully saturated rings. The molecule has 236 valence electrons. The fraction of sp³-hybridized carbons (Fsp3) is 0.257. The number of ether oxygens (including phenoxy) is 4. The lowest BCUT2D eigenvalue weighted by atomic mass is 10.1. The van der Waals surface area contributed by atoms with E-state index >= 15 is 0 Å². The van der Waals surface area contributed by atoms with E-state index in [1.165, 1.54) is 0 Å². The number of nitrogens with two attached hydrogens (primary N) is 2. The lowest BCUT2D eigenvalue weighted by Crippen LogP contribution is -2.21. The van der Waals surface area contributed by atoms with E-state index in [1.807, 2.05) is 42.5 Å². The molecule has 1 unspecified atom stereocenters. The zero-order valence-corrected chi connectivity index (χ0v) is 25.5. The highest BCUT2D eigenvalue weighted by atomic mass is 16.5. The molecule has 2 atom stereocenters. The van der Waals surface area contributed by atoms with Gasteiger partial charge in [0, 0.05) is 18.3 Å². The standard InChI is InChI=1S/C35H42N6O4/c1-5-19-42-23-9-10-24(36)25-11-12-26(38-25)33(43-20-6-2)27-13-14-28(39-27)34(44-21-7-3)29-15-16-30(40-29)35(45-22-8-4)31-17-18-32(37)41-31/h5-8,11-18,24,32,38-39H,1-4,9-10,19-23,36-37H2/b33-27+,34-28?,35-30?/t24-,32?/m0/s1. The summed E-state index contributed by atoms with van der Waals surface area (Å²) in [6.45, 7) is 17.1. The number of hydrogen-bond acceptors (Lipinski definition) is 8. The second-order valence-corrected chi connectivity index (χ2v) is 10.1. The first-order chi connectivity index (χ1) is 22.0. The molecule has 2 aromatic rings. The predicted molar refractivity (Wildman–Crippen MR) is 181 cm³/mol. The number of hydrogen-bond donors (Lipinski definition) is 4.